The highest BCUT2D eigenvalue weighted by atomic mass is 16.3. The fourth-order valence-corrected chi connectivity index (χ4v) is 2.94. The summed E-state index contributed by atoms with van der Waals surface area (Å²) < 4.78 is 0. The first-order chi connectivity index (χ1) is 10.4. The average molecular weight is 282 g/mol. The van der Waals surface area contributed by atoms with Crippen LogP contribution >= 0.6 is 0 Å². The van der Waals surface area contributed by atoms with Crippen molar-refractivity contribution in [2.24, 2.45) is 0 Å². The topological polar surface area (TPSA) is 26.7 Å². The van der Waals surface area contributed by atoms with Crippen LogP contribution < -0.4 is 4.90 Å². The second-order valence-corrected chi connectivity index (χ2v) is 5.54. The number of rotatable bonds is 4. The van der Waals surface area contributed by atoms with Crippen molar-refractivity contribution < 1.29 is 5.11 Å². The highest BCUT2D eigenvalue weighted by Crippen LogP contribution is 2.22. The minimum Gasteiger partial charge on any atom is -0.392 e. The summed E-state index contributed by atoms with van der Waals surface area (Å²) in [7, 11) is 0. The van der Waals surface area contributed by atoms with Gasteiger partial charge in [-0.2, -0.15) is 0 Å². The highest BCUT2D eigenvalue weighted by molar-refractivity contribution is 5.53. The van der Waals surface area contributed by atoms with Crippen LogP contribution in [0.5, 0.6) is 0 Å². The molecule has 0 radical (unpaired) electrons. The van der Waals surface area contributed by atoms with E-state index in [9.17, 15) is 5.11 Å². The third-order valence-electron chi connectivity index (χ3n) is 4.12. The van der Waals surface area contributed by atoms with Crippen molar-refractivity contribution in [2.75, 3.05) is 31.1 Å². The van der Waals surface area contributed by atoms with E-state index in [0.717, 1.165) is 38.3 Å². The van der Waals surface area contributed by atoms with Crippen LogP contribution in [0.1, 0.15) is 11.1 Å². The first-order valence-electron chi connectivity index (χ1n) is 7.57. The summed E-state index contributed by atoms with van der Waals surface area (Å²) in [6.45, 7) is 5.30. The zero-order valence-corrected chi connectivity index (χ0v) is 12.3. The van der Waals surface area contributed by atoms with Gasteiger partial charge in [0, 0.05) is 44.0 Å². The van der Waals surface area contributed by atoms with Gasteiger partial charge in [0.2, 0.25) is 0 Å². The smallest absolute Gasteiger partial charge is 0.0702 e. The van der Waals surface area contributed by atoms with Crippen LogP contribution in [0.2, 0.25) is 0 Å². The van der Waals surface area contributed by atoms with Gasteiger partial charge in [0.15, 0.2) is 0 Å². The van der Waals surface area contributed by atoms with Crippen molar-refractivity contribution >= 4 is 5.69 Å². The number of nitrogens with zero attached hydrogens (tertiary/aromatic N) is 2. The van der Waals surface area contributed by atoms with Crippen LogP contribution in [-0.2, 0) is 13.2 Å². The number of aliphatic hydroxyl groups excluding tert-OH is 1. The van der Waals surface area contributed by atoms with Crippen LogP contribution in [0.25, 0.3) is 0 Å². The fourth-order valence-electron chi connectivity index (χ4n) is 2.94. The molecule has 110 valence electrons. The third kappa shape index (κ3) is 3.43. The molecule has 3 heteroatoms. The van der Waals surface area contributed by atoms with Crippen LogP contribution in [0.3, 0.4) is 0 Å². The van der Waals surface area contributed by atoms with Crippen molar-refractivity contribution in [3.8, 4) is 0 Å². The highest BCUT2D eigenvalue weighted by Gasteiger charge is 2.18. The predicted molar refractivity (Wildman–Crippen MR) is 86.3 cm³/mol. The maximum Gasteiger partial charge on any atom is 0.0702 e. The van der Waals surface area contributed by atoms with Crippen LogP contribution in [-0.4, -0.2) is 36.2 Å². The van der Waals surface area contributed by atoms with E-state index in [1.165, 1.54) is 11.3 Å². The van der Waals surface area contributed by atoms with Crippen LogP contribution in [0.15, 0.2) is 54.6 Å². The van der Waals surface area contributed by atoms with Gasteiger partial charge in [-0.05, 0) is 11.6 Å². The Bertz CT molecular complexity index is 562. The van der Waals surface area contributed by atoms with E-state index in [2.05, 4.69) is 46.2 Å². The van der Waals surface area contributed by atoms with Gasteiger partial charge in [-0.1, -0.05) is 48.5 Å². The molecule has 3 nitrogen and oxygen atoms in total. The summed E-state index contributed by atoms with van der Waals surface area (Å²) in [5.41, 5.74) is 3.58. The molecule has 0 bridgehead atoms. The molecule has 0 spiro atoms. The molecular weight excluding hydrogens is 260 g/mol. The Morgan fingerprint density at radius 2 is 1.48 bits per heavy atom. The van der Waals surface area contributed by atoms with E-state index in [1.54, 1.807) is 0 Å². The second-order valence-electron chi connectivity index (χ2n) is 5.54. The van der Waals surface area contributed by atoms with Gasteiger partial charge in [0.1, 0.15) is 0 Å². The number of benzene rings is 2. The summed E-state index contributed by atoms with van der Waals surface area (Å²) in [4.78, 5) is 4.88. The minimum atomic E-state index is 0.112. The lowest BCUT2D eigenvalue weighted by Gasteiger charge is -2.37. The molecule has 3 rings (SSSR count). The van der Waals surface area contributed by atoms with E-state index in [4.69, 9.17) is 0 Å². The Morgan fingerprint density at radius 3 is 2.19 bits per heavy atom. The van der Waals surface area contributed by atoms with Gasteiger partial charge >= 0.3 is 0 Å². The van der Waals surface area contributed by atoms with Gasteiger partial charge in [-0.3, -0.25) is 4.90 Å². The summed E-state index contributed by atoms with van der Waals surface area (Å²) in [6, 6.07) is 18.8. The Hall–Kier alpha value is -1.84. The van der Waals surface area contributed by atoms with Gasteiger partial charge in [-0.15, -0.1) is 0 Å². The Morgan fingerprint density at radius 1 is 0.810 bits per heavy atom. The summed E-state index contributed by atoms with van der Waals surface area (Å²) in [5, 5.41) is 9.46. The predicted octanol–water partition coefficient (Wildman–Crippen LogP) is 2.50. The SMILES string of the molecule is OCc1ccccc1N1CCN(Cc2ccccc2)CC1. The van der Waals surface area contributed by atoms with Crippen LogP contribution in [0.4, 0.5) is 5.69 Å². The first kappa shape index (κ1) is 14.1. The van der Waals surface area contributed by atoms with E-state index in [-0.39, 0.29) is 6.61 Å². The number of aliphatic hydroxyl groups is 1. The van der Waals surface area contributed by atoms with Crippen molar-refractivity contribution in [3.63, 3.8) is 0 Å². The molecule has 21 heavy (non-hydrogen) atoms. The van der Waals surface area contributed by atoms with Gasteiger partial charge in [0.25, 0.3) is 0 Å². The molecular formula is C18H22N2O. The van der Waals surface area contributed by atoms with Crippen molar-refractivity contribution in [3.05, 3.63) is 65.7 Å². The lowest BCUT2D eigenvalue weighted by Crippen LogP contribution is -2.46. The van der Waals surface area contributed by atoms with E-state index < -0.39 is 0 Å². The molecule has 1 saturated heterocycles. The number of para-hydroxylation sites is 1. The second kappa shape index (κ2) is 6.74. The number of piperazine rings is 1. The summed E-state index contributed by atoms with van der Waals surface area (Å²) in [5.74, 6) is 0. The van der Waals surface area contributed by atoms with E-state index >= 15 is 0 Å². The molecule has 1 aliphatic rings. The van der Waals surface area contributed by atoms with Crippen molar-refractivity contribution in [2.45, 2.75) is 13.2 Å². The van der Waals surface area contributed by atoms with Gasteiger partial charge < -0.3 is 10.0 Å². The molecule has 0 aliphatic carbocycles. The largest absolute Gasteiger partial charge is 0.392 e. The number of hydrogen-bond donors (Lipinski definition) is 1. The molecule has 0 unspecified atom stereocenters. The molecule has 1 fully saturated rings. The first-order valence-corrected chi connectivity index (χ1v) is 7.57. The molecule has 0 saturated carbocycles. The van der Waals surface area contributed by atoms with Crippen molar-refractivity contribution in [1.82, 2.24) is 4.90 Å². The molecule has 1 N–H and O–H groups in total. The quantitative estimate of drug-likeness (QED) is 0.933. The Balaban J connectivity index is 1.60. The van der Waals surface area contributed by atoms with Crippen molar-refractivity contribution in [1.29, 1.82) is 0 Å². The van der Waals surface area contributed by atoms with E-state index in [1.807, 2.05) is 18.2 Å². The van der Waals surface area contributed by atoms with Crippen LogP contribution in [0, 0.1) is 0 Å². The molecule has 0 amide bonds. The molecule has 2 aromatic carbocycles. The summed E-state index contributed by atoms with van der Waals surface area (Å²) in [6.07, 6.45) is 0. The Kier molecular flexibility index (Phi) is 4.53. The molecule has 1 aliphatic heterocycles. The number of anilines is 1. The standard InChI is InChI=1S/C18H22N2O/c21-15-17-8-4-5-9-18(17)20-12-10-19(11-13-20)14-16-6-2-1-3-7-16/h1-9,21H,10-15H2. The minimum absolute atomic E-state index is 0.112. The maximum absolute atomic E-state index is 9.46. The fraction of sp³-hybridized carbons (Fsp3) is 0.333. The molecule has 2 aromatic rings. The zero-order chi connectivity index (χ0) is 14.5. The third-order valence-corrected chi connectivity index (χ3v) is 4.12. The Labute approximate surface area is 126 Å². The molecule has 1 heterocycles. The zero-order valence-electron chi connectivity index (χ0n) is 12.3. The van der Waals surface area contributed by atoms with Gasteiger partial charge in [-0.25, -0.2) is 0 Å². The monoisotopic (exact) mass is 282 g/mol. The average Bonchev–Trinajstić information content (AvgIpc) is 2.56. The number of hydrogen-bond acceptors (Lipinski definition) is 3. The lowest BCUT2D eigenvalue weighted by atomic mass is 10.1. The normalized spacial score (nSPS) is 16.1. The lowest BCUT2D eigenvalue weighted by molar-refractivity contribution is 0.248. The molecule has 0 aromatic heterocycles. The molecule has 0 atom stereocenters. The van der Waals surface area contributed by atoms with E-state index in [0.29, 0.717) is 0 Å². The summed E-state index contributed by atoms with van der Waals surface area (Å²) >= 11 is 0. The maximum atomic E-state index is 9.46. The van der Waals surface area contributed by atoms with Gasteiger partial charge in [0.05, 0.1) is 6.61 Å².